The first-order chi connectivity index (χ1) is 17.5. The van der Waals surface area contributed by atoms with Crippen LogP contribution in [0.15, 0.2) is 54.7 Å². The number of aromatic nitrogens is 2. The van der Waals surface area contributed by atoms with Gasteiger partial charge in [-0.15, -0.1) is 0 Å². The molecule has 8 nitrogen and oxygen atoms in total. The van der Waals surface area contributed by atoms with Crippen LogP contribution in [-0.4, -0.2) is 60.1 Å². The molecule has 188 valence electrons. The van der Waals surface area contributed by atoms with Crippen LogP contribution in [0.3, 0.4) is 0 Å². The minimum Gasteiger partial charge on any atom is -0.463 e. The van der Waals surface area contributed by atoms with Crippen molar-refractivity contribution in [1.82, 2.24) is 9.97 Å². The summed E-state index contributed by atoms with van der Waals surface area (Å²) in [6, 6.07) is 11.9. The van der Waals surface area contributed by atoms with E-state index in [4.69, 9.17) is 26.1 Å². The number of morpholine rings is 1. The number of aliphatic hydroxyl groups is 1. The molecule has 0 aliphatic carbocycles. The molecule has 1 saturated heterocycles. The molecular formula is C26H26ClFN4O4. The number of rotatable bonds is 8. The Kier molecular flexibility index (Phi) is 8.48. The van der Waals surface area contributed by atoms with E-state index < -0.39 is 11.8 Å². The molecule has 0 spiro atoms. The van der Waals surface area contributed by atoms with Crippen molar-refractivity contribution in [3.05, 3.63) is 71.1 Å². The first-order valence-electron chi connectivity index (χ1n) is 11.5. The van der Waals surface area contributed by atoms with Gasteiger partial charge < -0.3 is 24.8 Å². The van der Waals surface area contributed by atoms with Crippen molar-refractivity contribution >= 4 is 41.1 Å². The maximum Gasteiger partial charge on any atom is 0.330 e. The lowest BCUT2D eigenvalue weighted by Crippen LogP contribution is -2.44. The average molecular weight is 513 g/mol. The molecule has 0 radical (unpaired) electrons. The monoisotopic (exact) mass is 512 g/mol. The highest BCUT2D eigenvalue weighted by atomic mass is 35.5. The van der Waals surface area contributed by atoms with Crippen LogP contribution in [0.4, 0.5) is 21.8 Å². The molecule has 0 bridgehead atoms. The van der Waals surface area contributed by atoms with Crippen molar-refractivity contribution in [3.63, 3.8) is 0 Å². The van der Waals surface area contributed by atoms with Crippen molar-refractivity contribution in [2.45, 2.75) is 13.0 Å². The van der Waals surface area contributed by atoms with Gasteiger partial charge in [-0.1, -0.05) is 29.8 Å². The summed E-state index contributed by atoms with van der Waals surface area (Å²) in [5, 5.41) is 12.7. The molecule has 10 heteroatoms. The first-order valence-corrected chi connectivity index (χ1v) is 11.9. The second-order valence-corrected chi connectivity index (χ2v) is 8.42. The molecule has 1 aliphatic heterocycles. The molecule has 0 amide bonds. The van der Waals surface area contributed by atoms with E-state index in [0.29, 0.717) is 43.8 Å². The Hall–Kier alpha value is -3.53. The van der Waals surface area contributed by atoms with E-state index in [1.54, 1.807) is 25.3 Å². The second-order valence-electron chi connectivity index (χ2n) is 8.02. The molecule has 36 heavy (non-hydrogen) atoms. The summed E-state index contributed by atoms with van der Waals surface area (Å²) < 4.78 is 24.1. The van der Waals surface area contributed by atoms with Crippen LogP contribution in [0.2, 0.25) is 5.02 Å². The zero-order chi connectivity index (χ0) is 25.5. The number of anilines is 3. The van der Waals surface area contributed by atoms with E-state index in [9.17, 15) is 14.3 Å². The van der Waals surface area contributed by atoms with E-state index in [0.717, 1.165) is 16.7 Å². The molecule has 4 rings (SSSR count). The minimum atomic E-state index is -0.514. The summed E-state index contributed by atoms with van der Waals surface area (Å²) in [4.78, 5) is 23.0. The van der Waals surface area contributed by atoms with Gasteiger partial charge in [0.25, 0.3) is 0 Å². The number of hydrogen-bond acceptors (Lipinski definition) is 8. The summed E-state index contributed by atoms with van der Waals surface area (Å²) in [5.41, 5.74) is 2.97. The van der Waals surface area contributed by atoms with E-state index in [1.165, 1.54) is 18.2 Å². The largest absolute Gasteiger partial charge is 0.463 e. The quantitative estimate of drug-likeness (QED) is 0.337. The molecule has 1 atom stereocenters. The van der Waals surface area contributed by atoms with E-state index >= 15 is 0 Å². The smallest absolute Gasteiger partial charge is 0.330 e. The highest BCUT2D eigenvalue weighted by molar-refractivity contribution is 6.31. The summed E-state index contributed by atoms with van der Waals surface area (Å²) >= 11 is 5.91. The van der Waals surface area contributed by atoms with Crippen molar-refractivity contribution in [3.8, 4) is 11.1 Å². The van der Waals surface area contributed by atoms with Gasteiger partial charge in [0.05, 0.1) is 30.9 Å². The zero-order valence-electron chi connectivity index (χ0n) is 19.7. The SMILES string of the molecule is CCOC(=O)/C=C/c1cccc(-c2cnc(Nc3ccc(F)c(Cl)c3)nc2N2CCOC(CO)C2)c1. The van der Waals surface area contributed by atoms with Crippen LogP contribution in [0.1, 0.15) is 12.5 Å². The topological polar surface area (TPSA) is 96.8 Å². The molecule has 2 N–H and O–H groups in total. The van der Waals surface area contributed by atoms with E-state index in [-0.39, 0.29) is 17.7 Å². The van der Waals surface area contributed by atoms with Crippen molar-refractivity contribution < 1.29 is 23.8 Å². The van der Waals surface area contributed by atoms with Crippen LogP contribution in [0.5, 0.6) is 0 Å². The highest BCUT2D eigenvalue weighted by Gasteiger charge is 2.24. The Balaban J connectivity index is 1.69. The Morgan fingerprint density at radius 3 is 3.00 bits per heavy atom. The fraction of sp³-hybridized carbons (Fsp3) is 0.269. The number of carbonyl (C=O) groups is 1. The Morgan fingerprint density at radius 1 is 1.36 bits per heavy atom. The molecule has 0 saturated carbocycles. The third kappa shape index (κ3) is 6.37. The van der Waals surface area contributed by atoms with Crippen molar-refractivity contribution in [2.75, 3.05) is 43.1 Å². The van der Waals surface area contributed by atoms with Crippen molar-refractivity contribution in [2.24, 2.45) is 0 Å². The van der Waals surface area contributed by atoms with Gasteiger partial charge in [-0.2, -0.15) is 4.98 Å². The molecule has 3 aromatic rings. The predicted molar refractivity (Wildman–Crippen MR) is 137 cm³/mol. The van der Waals surface area contributed by atoms with Crippen LogP contribution < -0.4 is 10.2 Å². The number of nitrogens with zero attached hydrogens (tertiary/aromatic N) is 3. The lowest BCUT2D eigenvalue weighted by molar-refractivity contribution is -0.137. The molecule has 1 unspecified atom stereocenters. The fourth-order valence-electron chi connectivity index (χ4n) is 3.77. The van der Waals surface area contributed by atoms with Crippen molar-refractivity contribution in [1.29, 1.82) is 0 Å². The normalized spacial score (nSPS) is 15.8. The lowest BCUT2D eigenvalue weighted by atomic mass is 10.0. The summed E-state index contributed by atoms with van der Waals surface area (Å²) in [6.45, 7) is 3.42. The summed E-state index contributed by atoms with van der Waals surface area (Å²) in [7, 11) is 0. The maximum atomic E-state index is 13.6. The number of benzene rings is 2. The van der Waals surface area contributed by atoms with Gasteiger partial charge in [-0.25, -0.2) is 14.2 Å². The minimum absolute atomic E-state index is 0.0106. The number of esters is 1. The number of carbonyl (C=O) groups excluding carboxylic acids is 1. The first kappa shape index (κ1) is 25.6. The Labute approximate surface area is 213 Å². The van der Waals surface area contributed by atoms with Crippen LogP contribution in [-0.2, 0) is 14.3 Å². The second kappa shape index (κ2) is 11.9. The van der Waals surface area contributed by atoms with Gasteiger partial charge in [0.15, 0.2) is 0 Å². The number of hydrogen-bond donors (Lipinski definition) is 2. The van der Waals surface area contributed by atoms with Gasteiger partial charge in [-0.3, -0.25) is 0 Å². The van der Waals surface area contributed by atoms with Gasteiger partial charge in [-0.05, 0) is 48.4 Å². The number of aliphatic hydroxyl groups excluding tert-OH is 1. The van der Waals surface area contributed by atoms with Crippen LogP contribution >= 0.6 is 11.6 Å². The molecule has 1 aromatic heterocycles. The fourth-order valence-corrected chi connectivity index (χ4v) is 3.95. The number of halogens is 2. The number of nitrogens with one attached hydrogen (secondary N) is 1. The molecular weight excluding hydrogens is 487 g/mol. The molecule has 1 aliphatic rings. The third-order valence-electron chi connectivity index (χ3n) is 5.48. The zero-order valence-corrected chi connectivity index (χ0v) is 20.4. The van der Waals surface area contributed by atoms with E-state index in [2.05, 4.69) is 10.3 Å². The highest BCUT2D eigenvalue weighted by Crippen LogP contribution is 2.32. The predicted octanol–water partition coefficient (Wildman–Crippen LogP) is 4.45. The number of ether oxygens (including phenoxy) is 2. The molecule has 2 aromatic carbocycles. The van der Waals surface area contributed by atoms with Crippen LogP contribution in [0, 0.1) is 5.82 Å². The van der Waals surface area contributed by atoms with E-state index in [1.807, 2.05) is 29.2 Å². The summed E-state index contributed by atoms with van der Waals surface area (Å²) in [6.07, 6.45) is 4.43. The van der Waals surface area contributed by atoms with Gasteiger partial charge >= 0.3 is 5.97 Å². The van der Waals surface area contributed by atoms with Crippen LogP contribution in [0.25, 0.3) is 17.2 Å². The molecule has 2 heterocycles. The van der Waals surface area contributed by atoms with Gasteiger partial charge in [0.1, 0.15) is 11.6 Å². The Bertz CT molecular complexity index is 1260. The van der Waals surface area contributed by atoms with Gasteiger partial charge in [0, 0.05) is 36.6 Å². The summed E-state index contributed by atoms with van der Waals surface area (Å²) in [5.74, 6) is 0.0295. The Morgan fingerprint density at radius 2 is 2.22 bits per heavy atom. The standard InChI is InChI=1S/C26H26ClFN4O4/c1-2-35-24(34)9-6-17-4-3-5-18(12-17)21-14-29-26(30-19-7-8-23(28)22(27)13-19)31-25(21)32-10-11-36-20(15-32)16-33/h3-9,12-14,20,33H,2,10-11,15-16H2,1H3,(H,29,30,31)/b9-6+. The third-order valence-corrected chi connectivity index (χ3v) is 5.77. The maximum absolute atomic E-state index is 13.6. The van der Waals surface area contributed by atoms with Gasteiger partial charge in [0.2, 0.25) is 5.95 Å². The molecule has 1 fully saturated rings. The average Bonchev–Trinajstić information content (AvgIpc) is 2.90. The lowest BCUT2D eigenvalue weighted by Gasteiger charge is -2.34.